The minimum atomic E-state index is -0.790. The van der Waals surface area contributed by atoms with Crippen LogP contribution in [0.5, 0.6) is 11.5 Å². The minimum absolute atomic E-state index is 0.0216. The van der Waals surface area contributed by atoms with Crippen LogP contribution in [0.2, 0.25) is 0 Å². The van der Waals surface area contributed by atoms with E-state index in [2.05, 4.69) is 6.92 Å². The minimum Gasteiger partial charge on any atom is -0.508 e. The molecule has 21 heavy (non-hydrogen) atoms. The SMILES string of the molecule is CCCCCCOc1cc(O)cc2c1C(=O)C(=O)C=C2O. The Morgan fingerprint density at radius 2 is 1.86 bits per heavy atom. The molecule has 1 aliphatic rings. The van der Waals surface area contributed by atoms with Gasteiger partial charge in [0.05, 0.1) is 12.2 Å². The Morgan fingerprint density at radius 1 is 1.10 bits per heavy atom. The number of allylic oxidation sites excluding steroid dienone is 1. The molecule has 0 spiro atoms. The smallest absolute Gasteiger partial charge is 0.237 e. The van der Waals surface area contributed by atoms with Crippen LogP contribution in [-0.4, -0.2) is 28.4 Å². The fraction of sp³-hybridized carbons (Fsp3) is 0.375. The fourth-order valence-corrected chi connectivity index (χ4v) is 2.25. The highest BCUT2D eigenvalue weighted by Gasteiger charge is 2.30. The number of Topliss-reactive ketones (excluding diaryl/α,β-unsaturated/α-hetero) is 1. The van der Waals surface area contributed by atoms with Crippen LogP contribution in [0, 0.1) is 0 Å². The number of aliphatic hydroxyl groups excluding tert-OH is 1. The van der Waals surface area contributed by atoms with Gasteiger partial charge in [0.2, 0.25) is 11.6 Å². The van der Waals surface area contributed by atoms with Gasteiger partial charge in [0, 0.05) is 17.7 Å². The van der Waals surface area contributed by atoms with Crippen molar-refractivity contribution in [2.45, 2.75) is 32.6 Å². The second-order valence-electron chi connectivity index (χ2n) is 5.00. The molecular weight excluding hydrogens is 272 g/mol. The number of ketones is 2. The molecule has 2 rings (SSSR count). The van der Waals surface area contributed by atoms with E-state index in [4.69, 9.17) is 4.74 Å². The van der Waals surface area contributed by atoms with Crippen molar-refractivity contribution in [3.63, 3.8) is 0 Å². The zero-order chi connectivity index (χ0) is 15.4. The topological polar surface area (TPSA) is 83.8 Å². The molecule has 0 fully saturated rings. The fourth-order valence-electron chi connectivity index (χ4n) is 2.25. The maximum atomic E-state index is 12.0. The zero-order valence-electron chi connectivity index (χ0n) is 11.9. The van der Waals surface area contributed by atoms with Crippen LogP contribution in [0.1, 0.15) is 48.5 Å². The molecule has 1 aliphatic carbocycles. The van der Waals surface area contributed by atoms with Gasteiger partial charge in [-0.25, -0.2) is 0 Å². The molecule has 0 aliphatic heterocycles. The average Bonchev–Trinajstić information content (AvgIpc) is 2.44. The predicted molar refractivity (Wildman–Crippen MR) is 77.7 cm³/mol. The summed E-state index contributed by atoms with van der Waals surface area (Å²) in [4.78, 5) is 23.5. The van der Waals surface area contributed by atoms with Crippen LogP contribution >= 0.6 is 0 Å². The third-order valence-electron chi connectivity index (χ3n) is 3.34. The van der Waals surface area contributed by atoms with Crippen molar-refractivity contribution >= 4 is 17.3 Å². The first-order valence-corrected chi connectivity index (χ1v) is 7.04. The van der Waals surface area contributed by atoms with Gasteiger partial charge in [-0.15, -0.1) is 0 Å². The first-order valence-electron chi connectivity index (χ1n) is 7.04. The van der Waals surface area contributed by atoms with Gasteiger partial charge in [-0.3, -0.25) is 9.59 Å². The Hall–Kier alpha value is -2.30. The van der Waals surface area contributed by atoms with Crippen LogP contribution in [0.15, 0.2) is 18.2 Å². The summed E-state index contributed by atoms with van der Waals surface area (Å²) in [6, 6.07) is 2.54. The molecule has 0 unspecified atom stereocenters. The number of rotatable bonds is 6. The van der Waals surface area contributed by atoms with Crippen LogP contribution < -0.4 is 4.74 Å². The number of unbranched alkanes of at least 4 members (excludes halogenated alkanes) is 3. The normalized spacial score (nSPS) is 13.9. The Morgan fingerprint density at radius 3 is 2.57 bits per heavy atom. The standard InChI is InChI=1S/C16H18O5/c1-2-3-4-5-6-21-14-8-10(17)7-11-12(18)9-13(19)16(20)15(11)14/h7-9,17-18H,2-6H2,1H3. The number of fused-ring (bicyclic) bond motifs is 1. The van der Waals surface area contributed by atoms with Gasteiger partial charge in [-0.1, -0.05) is 26.2 Å². The van der Waals surface area contributed by atoms with Gasteiger partial charge < -0.3 is 14.9 Å². The number of carbonyl (C=O) groups excluding carboxylic acids is 2. The Labute approximate surface area is 122 Å². The molecular formula is C16H18O5. The van der Waals surface area contributed by atoms with Crippen LogP contribution in [0.4, 0.5) is 0 Å². The van der Waals surface area contributed by atoms with Crippen molar-refractivity contribution in [3.05, 3.63) is 29.3 Å². The third kappa shape index (κ3) is 3.24. The van der Waals surface area contributed by atoms with E-state index in [0.717, 1.165) is 31.8 Å². The predicted octanol–water partition coefficient (Wildman–Crippen LogP) is 3.02. The van der Waals surface area contributed by atoms with Crippen LogP contribution in [-0.2, 0) is 4.79 Å². The lowest BCUT2D eigenvalue weighted by Gasteiger charge is -2.17. The Kier molecular flexibility index (Phi) is 4.62. The zero-order valence-corrected chi connectivity index (χ0v) is 11.9. The van der Waals surface area contributed by atoms with E-state index in [9.17, 15) is 19.8 Å². The van der Waals surface area contributed by atoms with Gasteiger partial charge in [0.1, 0.15) is 17.3 Å². The van der Waals surface area contributed by atoms with Crippen molar-refractivity contribution < 1.29 is 24.5 Å². The van der Waals surface area contributed by atoms with Gasteiger partial charge in [0.25, 0.3) is 0 Å². The molecule has 112 valence electrons. The number of ether oxygens (including phenoxy) is 1. The second kappa shape index (κ2) is 6.43. The Balaban J connectivity index is 2.24. The van der Waals surface area contributed by atoms with E-state index in [0.29, 0.717) is 6.61 Å². The van der Waals surface area contributed by atoms with Crippen molar-refractivity contribution in [1.29, 1.82) is 0 Å². The Bertz CT molecular complexity index is 601. The highest BCUT2D eigenvalue weighted by molar-refractivity contribution is 6.50. The molecule has 0 amide bonds. The monoisotopic (exact) mass is 290 g/mol. The summed E-state index contributed by atoms with van der Waals surface area (Å²) >= 11 is 0. The number of benzene rings is 1. The molecule has 0 radical (unpaired) electrons. The first-order chi connectivity index (χ1) is 10.0. The van der Waals surface area contributed by atoms with Crippen molar-refractivity contribution in [3.8, 4) is 11.5 Å². The molecule has 5 nitrogen and oxygen atoms in total. The number of carbonyl (C=O) groups is 2. The van der Waals surface area contributed by atoms with E-state index >= 15 is 0 Å². The van der Waals surface area contributed by atoms with Crippen molar-refractivity contribution in [1.82, 2.24) is 0 Å². The number of phenolic OH excluding ortho intramolecular Hbond substituents is 1. The maximum absolute atomic E-state index is 12.0. The second-order valence-corrected chi connectivity index (χ2v) is 5.00. The number of aliphatic hydroxyl groups is 1. The quantitative estimate of drug-likeness (QED) is 0.621. The third-order valence-corrected chi connectivity index (χ3v) is 3.34. The largest absolute Gasteiger partial charge is 0.508 e. The summed E-state index contributed by atoms with van der Waals surface area (Å²) in [6.07, 6.45) is 4.89. The maximum Gasteiger partial charge on any atom is 0.237 e. The summed E-state index contributed by atoms with van der Waals surface area (Å²) in [5.74, 6) is -1.84. The number of aromatic hydroxyl groups is 1. The molecule has 0 saturated heterocycles. The van der Waals surface area contributed by atoms with Crippen molar-refractivity contribution in [2.24, 2.45) is 0 Å². The lowest BCUT2D eigenvalue weighted by molar-refractivity contribution is -0.111. The molecule has 0 bridgehead atoms. The molecule has 5 heteroatoms. The van der Waals surface area contributed by atoms with Crippen LogP contribution in [0.25, 0.3) is 5.76 Å². The molecule has 1 aromatic rings. The number of hydrogen-bond donors (Lipinski definition) is 2. The van der Waals surface area contributed by atoms with E-state index in [1.807, 2.05) is 0 Å². The highest BCUT2D eigenvalue weighted by Crippen LogP contribution is 2.34. The number of hydrogen-bond acceptors (Lipinski definition) is 5. The highest BCUT2D eigenvalue weighted by atomic mass is 16.5. The van der Waals surface area contributed by atoms with Crippen LogP contribution in [0.3, 0.4) is 0 Å². The van der Waals surface area contributed by atoms with E-state index in [-0.39, 0.29) is 28.4 Å². The van der Waals surface area contributed by atoms with Gasteiger partial charge >= 0.3 is 0 Å². The average molecular weight is 290 g/mol. The molecule has 0 aromatic heterocycles. The van der Waals surface area contributed by atoms with Crippen molar-refractivity contribution in [2.75, 3.05) is 6.61 Å². The van der Waals surface area contributed by atoms with E-state index in [1.54, 1.807) is 0 Å². The summed E-state index contributed by atoms with van der Waals surface area (Å²) in [6.45, 7) is 2.49. The lowest BCUT2D eigenvalue weighted by atomic mass is 9.92. The van der Waals surface area contributed by atoms with Gasteiger partial charge in [0.15, 0.2) is 0 Å². The molecule has 0 saturated carbocycles. The summed E-state index contributed by atoms with van der Waals surface area (Å²) < 4.78 is 5.53. The number of phenols is 1. The molecule has 1 aromatic carbocycles. The summed E-state index contributed by atoms with van der Waals surface area (Å²) in [5.41, 5.74) is 0.149. The molecule has 0 heterocycles. The van der Waals surface area contributed by atoms with E-state index in [1.165, 1.54) is 12.1 Å². The van der Waals surface area contributed by atoms with Gasteiger partial charge in [-0.05, 0) is 12.5 Å². The van der Waals surface area contributed by atoms with Gasteiger partial charge in [-0.2, -0.15) is 0 Å². The molecule has 0 atom stereocenters. The summed E-state index contributed by atoms with van der Waals surface area (Å²) in [7, 11) is 0. The summed E-state index contributed by atoms with van der Waals surface area (Å²) in [5, 5.41) is 19.4. The van der Waals surface area contributed by atoms with E-state index < -0.39 is 11.6 Å². The first kappa shape index (κ1) is 15.1. The molecule has 2 N–H and O–H groups in total. The lowest BCUT2D eigenvalue weighted by Crippen LogP contribution is -2.20.